The minimum absolute atomic E-state index is 0. The number of rotatable bonds is 3. The number of hydrogen-bond donors (Lipinski definition) is 1. The van der Waals surface area contributed by atoms with Gasteiger partial charge in [-0.25, -0.2) is 0 Å². The molecule has 6 nitrogen and oxygen atoms in total. The molecule has 0 radical (unpaired) electrons. The van der Waals surface area contributed by atoms with Crippen LogP contribution in [0.1, 0.15) is 0 Å². The summed E-state index contributed by atoms with van der Waals surface area (Å²) in [5.74, 6) is 0. The molecule has 0 aliphatic rings. The van der Waals surface area contributed by atoms with Gasteiger partial charge in [0.1, 0.15) is 4.31 Å². The van der Waals surface area contributed by atoms with Crippen molar-refractivity contribution in [3.63, 3.8) is 0 Å². The van der Waals surface area contributed by atoms with Crippen molar-refractivity contribution in [3.8, 4) is 0 Å². The molecule has 9 heteroatoms. The van der Waals surface area contributed by atoms with Gasteiger partial charge in [0.15, 0.2) is 0 Å². The zero-order valence-electron chi connectivity index (χ0n) is 6.08. The molecule has 0 saturated heterocycles. The van der Waals surface area contributed by atoms with Crippen LogP contribution in [0.5, 0.6) is 0 Å². The summed E-state index contributed by atoms with van der Waals surface area (Å²) < 4.78 is 21.6. The fourth-order valence-corrected chi connectivity index (χ4v) is 0.490. The first kappa shape index (κ1) is 18.5. The number of aliphatic hydroxyl groups excluding tert-OH is 1. The molecule has 0 fully saturated rings. The minimum atomic E-state index is -3.24. The van der Waals surface area contributed by atoms with E-state index in [1.165, 1.54) is 6.08 Å². The molecule has 0 saturated carbocycles. The molecular formula is C3H6CdO6P2+2. The molecule has 0 heterocycles. The molecular weight excluding hydrogens is 306 g/mol. The van der Waals surface area contributed by atoms with Crippen molar-refractivity contribution in [3.05, 3.63) is 12.7 Å². The second-order valence-corrected chi connectivity index (χ2v) is 2.55. The van der Waals surface area contributed by atoms with Crippen molar-refractivity contribution >= 4 is 16.5 Å². The molecule has 0 aliphatic carbocycles. The molecule has 0 bridgehead atoms. The fourth-order valence-electron chi connectivity index (χ4n) is 0.0544. The standard InChI is InChI=1S/C3H6O.Cd.O5P2/c1-2-3-4;;1-6(2)5-7(3)4/h2,4H,1,3H2;;/q;+2;. The van der Waals surface area contributed by atoms with E-state index in [9.17, 15) is 18.9 Å². The minimum Gasteiger partial charge on any atom is -0.563 e. The van der Waals surface area contributed by atoms with Crippen molar-refractivity contribution in [2.24, 2.45) is 0 Å². The SMILES string of the molecule is C=CCO.O=[P+]([O-])O[P+](=O)[O-].[Cd+2]. The van der Waals surface area contributed by atoms with Gasteiger partial charge in [-0.2, -0.15) is 0 Å². The Bertz CT molecular complexity index is 138. The second kappa shape index (κ2) is 14.2. The first-order chi connectivity index (χ1) is 5.04. The van der Waals surface area contributed by atoms with Gasteiger partial charge in [-0.15, -0.1) is 6.58 Å². The van der Waals surface area contributed by atoms with Crippen LogP contribution in [0.4, 0.5) is 0 Å². The first-order valence-electron chi connectivity index (χ1n) is 2.23. The Kier molecular flexibility index (Phi) is 21.9. The smallest absolute Gasteiger partial charge is 0.563 e. The average Bonchev–Trinajstić information content (AvgIpc) is 1.85. The van der Waals surface area contributed by atoms with Crippen LogP contribution in [0, 0.1) is 0 Å². The van der Waals surface area contributed by atoms with E-state index >= 15 is 0 Å². The van der Waals surface area contributed by atoms with Gasteiger partial charge in [0.25, 0.3) is 0 Å². The van der Waals surface area contributed by atoms with Crippen LogP contribution in [-0.4, -0.2) is 11.7 Å². The van der Waals surface area contributed by atoms with Crippen molar-refractivity contribution in [1.82, 2.24) is 0 Å². The first-order valence-corrected chi connectivity index (χ1v) is 4.42. The third-order valence-corrected chi connectivity index (χ3v) is 1.33. The largest absolute Gasteiger partial charge is 2.00 e. The van der Waals surface area contributed by atoms with Crippen molar-refractivity contribution in [1.29, 1.82) is 0 Å². The van der Waals surface area contributed by atoms with Gasteiger partial charge in [-0.05, 0) is 9.13 Å². The van der Waals surface area contributed by atoms with Crippen molar-refractivity contribution in [2.75, 3.05) is 6.61 Å². The molecule has 0 aliphatic heterocycles. The van der Waals surface area contributed by atoms with Crippen LogP contribution in [0.2, 0.25) is 0 Å². The van der Waals surface area contributed by atoms with Crippen LogP contribution in [0.3, 0.4) is 0 Å². The molecule has 0 rings (SSSR count). The molecule has 0 aromatic carbocycles. The molecule has 64 valence electrons. The van der Waals surface area contributed by atoms with Crippen LogP contribution in [0.25, 0.3) is 0 Å². The molecule has 0 spiro atoms. The van der Waals surface area contributed by atoms with E-state index in [1.807, 2.05) is 0 Å². The fraction of sp³-hybridized carbons (Fsp3) is 0.333. The molecule has 0 aromatic rings. The van der Waals surface area contributed by atoms with E-state index in [1.54, 1.807) is 0 Å². The van der Waals surface area contributed by atoms with Crippen LogP contribution in [0.15, 0.2) is 12.7 Å². The molecule has 0 aromatic heterocycles. The van der Waals surface area contributed by atoms with Gasteiger partial charge in [-0.3, -0.25) is 0 Å². The maximum Gasteiger partial charge on any atom is 2.00 e. The molecule has 2 atom stereocenters. The Hall–Kier alpha value is 0.702. The Morgan fingerprint density at radius 3 is 1.67 bits per heavy atom. The Morgan fingerprint density at radius 1 is 1.42 bits per heavy atom. The normalized spacial score (nSPS) is 9.92. The van der Waals surface area contributed by atoms with E-state index in [4.69, 9.17) is 5.11 Å². The number of aliphatic hydroxyl groups is 1. The number of hydrogen-bond acceptors (Lipinski definition) is 6. The zero-order valence-corrected chi connectivity index (χ0v) is 11.9. The monoisotopic (exact) mass is 314 g/mol. The van der Waals surface area contributed by atoms with Gasteiger partial charge in [0.2, 0.25) is 0 Å². The van der Waals surface area contributed by atoms with Crippen LogP contribution < -0.4 is 9.79 Å². The topological polar surface area (TPSA) is 110 Å². The third kappa shape index (κ3) is 31.0. The van der Waals surface area contributed by atoms with E-state index < -0.39 is 16.5 Å². The Balaban J connectivity index is -0.000000142. The molecule has 1 N–H and O–H groups in total. The van der Waals surface area contributed by atoms with Crippen molar-refractivity contribution < 1.29 is 55.6 Å². The van der Waals surface area contributed by atoms with E-state index in [2.05, 4.69) is 10.9 Å². The quantitative estimate of drug-likeness (QED) is 0.415. The molecule has 12 heavy (non-hydrogen) atoms. The summed E-state index contributed by atoms with van der Waals surface area (Å²) in [4.78, 5) is 18.5. The van der Waals surface area contributed by atoms with Crippen LogP contribution in [-0.2, 0) is 40.7 Å². The van der Waals surface area contributed by atoms with Gasteiger partial charge in [0, 0.05) is 0 Å². The Morgan fingerprint density at radius 2 is 1.67 bits per heavy atom. The van der Waals surface area contributed by atoms with E-state index in [0.29, 0.717) is 0 Å². The van der Waals surface area contributed by atoms with Crippen molar-refractivity contribution in [2.45, 2.75) is 0 Å². The summed E-state index contributed by atoms with van der Waals surface area (Å²) in [5.41, 5.74) is 0. The van der Waals surface area contributed by atoms with Gasteiger partial charge >= 0.3 is 43.8 Å². The van der Waals surface area contributed by atoms with Gasteiger partial charge in [-0.1, -0.05) is 6.08 Å². The summed E-state index contributed by atoms with van der Waals surface area (Å²) in [6.07, 6.45) is 1.43. The van der Waals surface area contributed by atoms with Gasteiger partial charge in [0.05, 0.1) is 6.61 Å². The van der Waals surface area contributed by atoms with E-state index in [0.717, 1.165) is 0 Å². The summed E-state index contributed by atoms with van der Waals surface area (Å²) in [5, 5.41) is 7.76. The molecule has 2 unspecified atom stereocenters. The van der Waals surface area contributed by atoms with Crippen LogP contribution >= 0.6 is 16.5 Å². The second-order valence-electron chi connectivity index (χ2n) is 1.00. The summed E-state index contributed by atoms with van der Waals surface area (Å²) in [6, 6.07) is 0. The summed E-state index contributed by atoms with van der Waals surface area (Å²) in [6.45, 7) is 3.31. The third-order valence-electron chi connectivity index (χ3n) is 0.262. The maximum absolute atomic E-state index is 9.24. The zero-order chi connectivity index (χ0) is 9.28. The predicted octanol–water partition coefficient (Wildman–Crippen LogP) is -0.799. The van der Waals surface area contributed by atoms with Gasteiger partial charge < -0.3 is 14.9 Å². The maximum atomic E-state index is 9.24. The predicted molar refractivity (Wildman–Crippen MR) is 33.6 cm³/mol. The Labute approximate surface area is 91.3 Å². The average molecular weight is 312 g/mol. The summed E-state index contributed by atoms with van der Waals surface area (Å²) in [7, 11) is -6.47. The summed E-state index contributed by atoms with van der Waals surface area (Å²) >= 11 is 0. The van der Waals surface area contributed by atoms with E-state index in [-0.39, 0.29) is 33.9 Å². The molecule has 0 amide bonds.